The molecule has 0 fully saturated rings. The Morgan fingerprint density at radius 1 is 1.38 bits per heavy atom. The molecule has 21 heavy (non-hydrogen) atoms. The Morgan fingerprint density at radius 3 is 2.81 bits per heavy atom. The molecule has 0 spiro atoms. The van der Waals surface area contributed by atoms with Crippen molar-refractivity contribution in [1.29, 1.82) is 0 Å². The van der Waals surface area contributed by atoms with Crippen LogP contribution in [0.15, 0.2) is 35.8 Å². The smallest absolute Gasteiger partial charge is 0.228 e. The second-order valence-electron chi connectivity index (χ2n) is 4.39. The van der Waals surface area contributed by atoms with E-state index in [1.54, 1.807) is 6.07 Å². The summed E-state index contributed by atoms with van der Waals surface area (Å²) in [7, 11) is 0. The fourth-order valence-corrected chi connectivity index (χ4v) is 2.60. The van der Waals surface area contributed by atoms with Crippen LogP contribution in [0.1, 0.15) is 24.3 Å². The Balaban J connectivity index is 2.05. The number of nitrogens with one attached hydrogen (secondary N) is 2. The third-order valence-corrected chi connectivity index (χ3v) is 3.68. The molecule has 0 bridgehead atoms. The highest BCUT2D eigenvalue weighted by molar-refractivity contribution is 7.10. The summed E-state index contributed by atoms with van der Waals surface area (Å²) in [4.78, 5) is 28.1. The molecular formula is C14H15N3O3S. The first-order valence-electron chi connectivity index (χ1n) is 6.30. The zero-order valence-electron chi connectivity index (χ0n) is 11.4. The minimum absolute atomic E-state index is 0.0656. The zero-order valence-corrected chi connectivity index (χ0v) is 12.2. The van der Waals surface area contributed by atoms with E-state index in [1.165, 1.54) is 30.5 Å². The lowest BCUT2D eigenvalue weighted by molar-refractivity contribution is -0.120. The van der Waals surface area contributed by atoms with E-state index in [-0.39, 0.29) is 29.8 Å². The first kappa shape index (κ1) is 15.0. The Kier molecular flexibility index (Phi) is 4.89. The first-order valence-corrected chi connectivity index (χ1v) is 7.18. The van der Waals surface area contributed by atoms with E-state index >= 15 is 0 Å². The Labute approximate surface area is 125 Å². The van der Waals surface area contributed by atoms with Crippen molar-refractivity contribution < 1.29 is 14.7 Å². The van der Waals surface area contributed by atoms with Crippen LogP contribution in [0.4, 0.5) is 5.82 Å². The third-order valence-electron chi connectivity index (χ3n) is 2.70. The van der Waals surface area contributed by atoms with Crippen molar-refractivity contribution in [2.24, 2.45) is 0 Å². The maximum Gasteiger partial charge on any atom is 0.228 e. The van der Waals surface area contributed by atoms with Crippen molar-refractivity contribution in [3.05, 3.63) is 40.7 Å². The molecule has 2 rings (SSSR count). The number of carbonyl (C=O) groups is 2. The standard InChI is InChI=1S/C14H15N3O3S/c1-9(18)16-10(12-5-3-7-21-12)8-13(20)17-14-11(19)4-2-6-15-14/h2-7,10,19H,8H2,1H3,(H,16,18)(H,15,17,20)/t10-/m1/s1. The second kappa shape index (κ2) is 6.85. The molecule has 0 radical (unpaired) electrons. The summed E-state index contributed by atoms with van der Waals surface area (Å²) < 4.78 is 0. The SMILES string of the molecule is CC(=O)N[C@H](CC(=O)Nc1ncccc1O)c1cccs1. The van der Waals surface area contributed by atoms with E-state index in [0.29, 0.717) is 0 Å². The number of thiophene rings is 1. The molecule has 0 aliphatic rings. The monoisotopic (exact) mass is 305 g/mol. The first-order chi connectivity index (χ1) is 10.1. The van der Waals surface area contributed by atoms with Crippen LogP contribution < -0.4 is 10.6 Å². The summed E-state index contributed by atoms with van der Waals surface area (Å²) in [6.07, 6.45) is 1.54. The predicted octanol–water partition coefficient (Wildman–Crippen LogP) is 2.05. The summed E-state index contributed by atoms with van der Waals surface area (Å²) in [5, 5.41) is 16.7. The molecule has 7 heteroatoms. The topological polar surface area (TPSA) is 91.3 Å². The van der Waals surface area contributed by atoms with E-state index in [4.69, 9.17) is 0 Å². The molecule has 2 aromatic rings. The molecule has 0 unspecified atom stereocenters. The molecule has 6 nitrogen and oxygen atoms in total. The van der Waals surface area contributed by atoms with Crippen molar-refractivity contribution in [3.63, 3.8) is 0 Å². The molecule has 3 N–H and O–H groups in total. The second-order valence-corrected chi connectivity index (χ2v) is 5.37. The summed E-state index contributed by atoms with van der Waals surface area (Å²) in [6.45, 7) is 1.41. The predicted molar refractivity (Wildman–Crippen MR) is 80.0 cm³/mol. The average Bonchev–Trinajstić information content (AvgIpc) is 2.94. The summed E-state index contributed by atoms with van der Waals surface area (Å²) in [5.41, 5.74) is 0. The highest BCUT2D eigenvalue weighted by Crippen LogP contribution is 2.24. The Morgan fingerprint density at radius 2 is 2.19 bits per heavy atom. The van der Waals surface area contributed by atoms with Crippen LogP contribution in [0.3, 0.4) is 0 Å². The minimum atomic E-state index is -0.395. The largest absolute Gasteiger partial charge is 0.504 e. The van der Waals surface area contributed by atoms with Crippen molar-refractivity contribution >= 4 is 29.0 Å². The van der Waals surface area contributed by atoms with Gasteiger partial charge in [0.15, 0.2) is 11.6 Å². The number of nitrogens with zero attached hydrogens (tertiary/aromatic N) is 1. The van der Waals surface area contributed by atoms with Crippen molar-refractivity contribution in [2.45, 2.75) is 19.4 Å². The van der Waals surface area contributed by atoms with Crippen LogP contribution in [0.25, 0.3) is 0 Å². The lowest BCUT2D eigenvalue weighted by Crippen LogP contribution is -2.29. The Hall–Kier alpha value is -2.41. The van der Waals surface area contributed by atoms with E-state index < -0.39 is 6.04 Å². The molecule has 1 atom stereocenters. The minimum Gasteiger partial charge on any atom is -0.504 e. The summed E-state index contributed by atoms with van der Waals surface area (Å²) in [6, 6.07) is 6.33. The normalized spacial score (nSPS) is 11.7. The average molecular weight is 305 g/mol. The molecule has 0 saturated heterocycles. The molecule has 0 aliphatic carbocycles. The fourth-order valence-electron chi connectivity index (χ4n) is 1.82. The highest BCUT2D eigenvalue weighted by atomic mass is 32.1. The number of pyridine rings is 1. The van der Waals surface area contributed by atoms with Crippen LogP contribution in [0, 0.1) is 0 Å². The van der Waals surface area contributed by atoms with Crippen molar-refractivity contribution in [1.82, 2.24) is 10.3 Å². The summed E-state index contributed by atoms with van der Waals surface area (Å²) >= 11 is 1.46. The van der Waals surface area contributed by atoms with E-state index in [9.17, 15) is 14.7 Å². The van der Waals surface area contributed by atoms with Gasteiger partial charge in [-0.05, 0) is 23.6 Å². The van der Waals surface area contributed by atoms with Crippen LogP contribution in [0.5, 0.6) is 5.75 Å². The molecule has 0 saturated carbocycles. The van der Waals surface area contributed by atoms with Gasteiger partial charge in [0.2, 0.25) is 11.8 Å². The van der Waals surface area contributed by atoms with Gasteiger partial charge in [0.25, 0.3) is 0 Å². The van der Waals surface area contributed by atoms with Gasteiger partial charge in [0, 0.05) is 18.0 Å². The van der Waals surface area contributed by atoms with Gasteiger partial charge >= 0.3 is 0 Å². The number of hydrogen-bond acceptors (Lipinski definition) is 5. The number of rotatable bonds is 5. The van der Waals surface area contributed by atoms with Crippen LogP contribution in [-0.2, 0) is 9.59 Å². The summed E-state index contributed by atoms with van der Waals surface area (Å²) in [5.74, 6) is -0.536. The number of carbonyl (C=O) groups excluding carboxylic acids is 2. The number of aromatic nitrogens is 1. The molecule has 0 aromatic carbocycles. The maximum absolute atomic E-state index is 12.0. The Bertz CT molecular complexity index is 628. The maximum atomic E-state index is 12.0. The molecule has 110 valence electrons. The quantitative estimate of drug-likeness (QED) is 0.788. The molecule has 2 aromatic heterocycles. The van der Waals surface area contributed by atoms with Crippen LogP contribution >= 0.6 is 11.3 Å². The van der Waals surface area contributed by atoms with Gasteiger partial charge in [-0.1, -0.05) is 6.07 Å². The van der Waals surface area contributed by atoms with Gasteiger partial charge < -0.3 is 15.7 Å². The lowest BCUT2D eigenvalue weighted by Gasteiger charge is -2.16. The highest BCUT2D eigenvalue weighted by Gasteiger charge is 2.19. The van der Waals surface area contributed by atoms with Gasteiger partial charge in [-0.25, -0.2) is 4.98 Å². The molecule has 0 aliphatic heterocycles. The van der Waals surface area contributed by atoms with Crippen LogP contribution in [0.2, 0.25) is 0 Å². The molecular weight excluding hydrogens is 290 g/mol. The van der Waals surface area contributed by atoms with Gasteiger partial charge in [0.05, 0.1) is 12.5 Å². The van der Waals surface area contributed by atoms with Crippen LogP contribution in [-0.4, -0.2) is 21.9 Å². The van der Waals surface area contributed by atoms with E-state index in [0.717, 1.165) is 4.88 Å². The third kappa shape index (κ3) is 4.28. The van der Waals surface area contributed by atoms with Crippen molar-refractivity contribution in [3.8, 4) is 5.75 Å². The zero-order chi connectivity index (χ0) is 15.2. The number of anilines is 1. The number of aromatic hydroxyl groups is 1. The van der Waals surface area contributed by atoms with E-state index in [1.807, 2.05) is 17.5 Å². The van der Waals surface area contributed by atoms with E-state index in [2.05, 4.69) is 15.6 Å². The number of hydrogen-bond donors (Lipinski definition) is 3. The fraction of sp³-hybridized carbons (Fsp3) is 0.214. The van der Waals surface area contributed by atoms with Gasteiger partial charge in [-0.3, -0.25) is 9.59 Å². The number of amides is 2. The molecule has 2 heterocycles. The van der Waals surface area contributed by atoms with Gasteiger partial charge in [0.1, 0.15) is 0 Å². The lowest BCUT2D eigenvalue weighted by atomic mass is 10.1. The van der Waals surface area contributed by atoms with Crippen molar-refractivity contribution in [2.75, 3.05) is 5.32 Å². The molecule has 2 amide bonds. The van der Waals surface area contributed by atoms with Gasteiger partial charge in [-0.2, -0.15) is 0 Å². The van der Waals surface area contributed by atoms with Gasteiger partial charge in [-0.15, -0.1) is 11.3 Å².